The summed E-state index contributed by atoms with van der Waals surface area (Å²) in [5.41, 5.74) is 1.17. The summed E-state index contributed by atoms with van der Waals surface area (Å²) in [5, 5.41) is 4.07. The van der Waals surface area contributed by atoms with Gasteiger partial charge < -0.3 is 5.32 Å². The van der Waals surface area contributed by atoms with Crippen LogP contribution in [0, 0.1) is 0 Å². The normalized spacial score (nSPS) is 12.1. The van der Waals surface area contributed by atoms with Crippen LogP contribution in [0.1, 0.15) is 13.8 Å². The highest BCUT2D eigenvalue weighted by atomic mass is 35.5. The van der Waals surface area contributed by atoms with E-state index in [4.69, 9.17) is 11.6 Å². The number of amides is 1. The summed E-state index contributed by atoms with van der Waals surface area (Å²) in [6.45, 7) is 4.16. The predicted molar refractivity (Wildman–Crippen MR) is 107 cm³/mol. The lowest BCUT2D eigenvalue weighted by Gasteiger charge is -2.15. The molecule has 5 nitrogen and oxygen atoms in total. The fraction of sp³-hybridized carbons (Fsp3) is 0.211. The van der Waals surface area contributed by atoms with Gasteiger partial charge in [0.05, 0.1) is 16.2 Å². The van der Waals surface area contributed by atoms with Gasteiger partial charge in [-0.05, 0) is 44.2 Å². The number of rotatable bonds is 5. The minimum absolute atomic E-state index is 0.0944. The fourth-order valence-corrected chi connectivity index (χ4v) is 3.70. The third kappa shape index (κ3) is 3.92. The number of hydrogen-bond donors (Lipinski definition) is 1. The molecule has 1 aromatic heterocycles. The lowest BCUT2D eigenvalue weighted by Crippen LogP contribution is -2.26. The third-order valence-corrected chi connectivity index (χ3v) is 5.21. The van der Waals surface area contributed by atoms with Gasteiger partial charge in [-0.25, -0.2) is 4.98 Å². The van der Waals surface area contributed by atoms with Crippen molar-refractivity contribution in [1.82, 2.24) is 9.55 Å². The molecular weight excluding hydrogens is 370 g/mol. The van der Waals surface area contributed by atoms with Gasteiger partial charge in [-0.2, -0.15) is 0 Å². The zero-order valence-electron chi connectivity index (χ0n) is 14.4. The smallest absolute Gasteiger partial charge is 0.262 e. The van der Waals surface area contributed by atoms with Crippen LogP contribution in [0.2, 0.25) is 5.02 Å². The Morgan fingerprint density at radius 2 is 2.04 bits per heavy atom. The van der Waals surface area contributed by atoms with Crippen LogP contribution in [0.4, 0.5) is 5.69 Å². The van der Waals surface area contributed by atoms with Gasteiger partial charge in [0.2, 0.25) is 5.91 Å². The quantitative estimate of drug-likeness (QED) is 0.526. The minimum Gasteiger partial charge on any atom is -0.325 e. The van der Waals surface area contributed by atoms with Crippen molar-refractivity contribution in [2.45, 2.75) is 30.8 Å². The van der Waals surface area contributed by atoms with Crippen molar-refractivity contribution in [3.63, 3.8) is 0 Å². The number of thioether (sulfide) groups is 1. The summed E-state index contributed by atoms with van der Waals surface area (Å²) in [5.74, 6) is -0.178. The molecule has 0 spiro atoms. The first-order chi connectivity index (χ1) is 12.5. The second kappa shape index (κ2) is 7.93. The largest absolute Gasteiger partial charge is 0.325 e. The molecule has 0 aliphatic heterocycles. The molecule has 0 fully saturated rings. The van der Waals surface area contributed by atoms with Crippen molar-refractivity contribution < 1.29 is 4.79 Å². The summed E-state index contributed by atoms with van der Waals surface area (Å²) in [7, 11) is 0. The molecule has 0 aliphatic rings. The topological polar surface area (TPSA) is 64.0 Å². The van der Waals surface area contributed by atoms with Gasteiger partial charge in [-0.15, -0.1) is 0 Å². The van der Waals surface area contributed by atoms with Crippen molar-refractivity contribution in [3.8, 4) is 0 Å². The van der Waals surface area contributed by atoms with E-state index in [-0.39, 0.29) is 11.5 Å². The lowest BCUT2D eigenvalue weighted by molar-refractivity contribution is -0.115. The van der Waals surface area contributed by atoms with Crippen LogP contribution in [-0.2, 0) is 11.3 Å². The van der Waals surface area contributed by atoms with Crippen molar-refractivity contribution in [1.29, 1.82) is 0 Å². The van der Waals surface area contributed by atoms with Crippen LogP contribution in [0.15, 0.2) is 58.5 Å². The third-order valence-electron chi connectivity index (χ3n) is 3.89. The monoisotopic (exact) mass is 387 g/mol. The molecule has 0 bridgehead atoms. The molecule has 0 saturated heterocycles. The second-order valence-electron chi connectivity index (χ2n) is 5.72. The Labute approximate surface area is 160 Å². The van der Waals surface area contributed by atoms with E-state index in [1.54, 1.807) is 47.9 Å². The van der Waals surface area contributed by atoms with Crippen molar-refractivity contribution >= 4 is 45.9 Å². The zero-order chi connectivity index (χ0) is 18.7. The number of benzene rings is 2. The van der Waals surface area contributed by atoms with Crippen LogP contribution in [0.25, 0.3) is 10.9 Å². The summed E-state index contributed by atoms with van der Waals surface area (Å²) in [4.78, 5) is 29.7. The van der Waals surface area contributed by atoms with Gasteiger partial charge in [-0.1, -0.05) is 41.6 Å². The number of fused-ring (bicyclic) bond motifs is 1. The number of aromatic nitrogens is 2. The number of hydrogen-bond acceptors (Lipinski definition) is 4. The minimum atomic E-state index is -0.431. The first-order valence-electron chi connectivity index (χ1n) is 8.22. The van der Waals surface area contributed by atoms with Crippen LogP contribution in [0.3, 0.4) is 0 Å². The Morgan fingerprint density at radius 1 is 1.27 bits per heavy atom. The number of carbonyl (C=O) groups is 1. The SMILES string of the molecule is CCn1c(SC(C)C(=O)Nc2cccc(Cl)c2)nc2ccccc2c1=O. The fourth-order valence-electron chi connectivity index (χ4n) is 2.54. The maximum Gasteiger partial charge on any atom is 0.262 e. The number of nitrogens with one attached hydrogen (secondary N) is 1. The first kappa shape index (κ1) is 18.5. The highest BCUT2D eigenvalue weighted by Crippen LogP contribution is 2.24. The molecule has 1 N–H and O–H groups in total. The molecule has 1 atom stereocenters. The van der Waals surface area contributed by atoms with Crippen molar-refractivity contribution in [3.05, 3.63) is 63.9 Å². The van der Waals surface area contributed by atoms with Gasteiger partial charge in [0.25, 0.3) is 5.56 Å². The van der Waals surface area contributed by atoms with E-state index in [2.05, 4.69) is 10.3 Å². The zero-order valence-corrected chi connectivity index (χ0v) is 16.0. The molecule has 7 heteroatoms. The molecule has 0 aliphatic carbocycles. The molecule has 1 amide bonds. The summed E-state index contributed by atoms with van der Waals surface area (Å²) >= 11 is 7.21. The van der Waals surface area contributed by atoms with E-state index >= 15 is 0 Å². The highest BCUT2D eigenvalue weighted by Gasteiger charge is 2.19. The molecule has 0 radical (unpaired) electrons. The molecule has 1 heterocycles. The highest BCUT2D eigenvalue weighted by molar-refractivity contribution is 8.00. The average Bonchev–Trinajstić information content (AvgIpc) is 2.62. The second-order valence-corrected chi connectivity index (χ2v) is 7.47. The molecule has 134 valence electrons. The summed E-state index contributed by atoms with van der Waals surface area (Å²) < 4.78 is 1.59. The first-order valence-corrected chi connectivity index (χ1v) is 9.48. The maximum absolute atomic E-state index is 12.7. The Morgan fingerprint density at radius 3 is 2.77 bits per heavy atom. The summed E-state index contributed by atoms with van der Waals surface area (Å²) in [6.07, 6.45) is 0. The summed E-state index contributed by atoms with van der Waals surface area (Å²) in [6, 6.07) is 14.2. The number of halogens is 1. The van der Waals surface area contributed by atoms with Gasteiger partial charge >= 0.3 is 0 Å². The van der Waals surface area contributed by atoms with Crippen molar-refractivity contribution in [2.75, 3.05) is 5.32 Å². The van der Waals surface area contributed by atoms with Gasteiger partial charge in [0, 0.05) is 17.3 Å². The van der Waals surface area contributed by atoms with E-state index in [0.29, 0.717) is 33.3 Å². The number of nitrogens with zero attached hydrogens (tertiary/aromatic N) is 2. The molecule has 1 unspecified atom stereocenters. The van der Waals surface area contributed by atoms with Crippen LogP contribution >= 0.6 is 23.4 Å². The molecule has 3 rings (SSSR count). The van der Waals surface area contributed by atoms with Crippen LogP contribution in [0.5, 0.6) is 0 Å². The van der Waals surface area contributed by atoms with Gasteiger partial charge in [0.1, 0.15) is 0 Å². The predicted octanol–water partition coefficient (Wildman–Crippen LogP) is 4.19. The Bertz CT molecular complexity index is 1020. The molecule has 26 heavy (non-hydrogen) atoms. The molecule has 0 saturated carbocycles. The van der Waals surface area contributed by atoms with Crippen LogP contribution in [-0.4, -0.2) is 20.7 Å². The van der Waals surface area contributed by atoms with Crippen molar-refractivity contribution in [2.24, 2.45) is 0 Å². The van der Waals surface area contributed by atoms with Gasteiger partial charge in [-0.3, -0.25) is 14.2 Å². The van der Waals surface area contributed by atoms with E-state index < -0.39 is 5.25 Å². The van der Waals surface area contributed by atoms with E-state index in [0.717, 1.165) is 0 Å². The van der Waals surface area contributed by atoms with Crippen LogP contribution < -0.4 is 10.9 Å². The molecular formula is C19H18ClN3O2S. The maximum atomic E-state index is 12.7. The Balaban J connectivity index is 1.85. The number of anilines is 1. The molecule has 3 aromatic rings. The Kier molecular flexibility index (Phi) is 5.64. The average molecular weight is 388 g/mol. The van der Waals surface area contributed by atoms with Gasteiger partial charge in [0.15, 0.2) is 5.16 Å². The number of carbonyl (C=O) groups excluding carboxylic acids is 1. The van der Waals surface area contributed by atoms with E-state index in [1.807, 2.05) is 19.1 Å². The Hall–Kier alpha value is -2.31. The lowest BCUT2D eigenvalue weighted by atomic mass is 10.2. The van der Waals surface area contributed by atoms with E-state index in [9.17, 15) is 9.59 Å². The standard InChI is InChI=1S/C19H18ClN3O2S/c1-3-23-18(25)15-9-4-5-10-16(15)22-19(23)26-12(2)17(24)21-14-8-6-7-13(20)11-14/h4-12H,3H2,1-2H3,(H,21,24). The molecule has 2 aromatic carbocycles. The van der Waals surface area contributed by atoms with E-state index in [1.165, 1.54) is 11.8 Å². The number of para-hydroxylation sites is 1.